The molecule has 3 rings (SSSR count). The number of aryl methyl sites for hydroxylation is 1. The molecule has 0 aromatic heterocycles. The maximum Gasteiger partial charge on any atom is 0.264 e. The molecule has 0 fully saturated rings. The molecule has 1 amide bonds. The van der Waals surface area contributed by atoms with Crippen molar-refractivity contribution in [1.29, 1.82) is 0 Å². The van der Waals surface area contributed by atoms with E-state index in [1.165, 1.54) is 6.08 Å². The minimum Gasteiger partial charge on any atom is -0.322 e. The van der Waals surface area contributed by atoms with E-state index in [1.807, 2.05) is 19.1 Å². The smallest absolute Gasteiger partial charge is 0.264 e. The summed E-state index contributed by atoms with van der Waals surface area (Å²) in [5, 5.41) is 2.61. The number of nitrogens with one attached hydrogen (secondary N) is 1. The highest BCUT2D eigenvalue weighted by Crippen LogP contribution is 2.25. The monoisotopic (exact) mass is 438 g/mol. The van der Waals surface area contributed by atoms with Crippen molar-refractivity contribution in [3.63, 3.8) is 0 Å². The van der Waals surface area contributed by atoms with Crippen LogP contribution in [-0.4, -0.2) is 20.9 Å². The maximum atomic E-state index is 14.4. The van der Waals surface area contributed by atoms with Crippen LogP contribution in [0.1, 0.15) is 22.8 Å². The van der Waals surface area contributed by atoms with Gasteiger partial charge >= 0.3 is 0 Å². The highest BCUT2D eigenvalue weighted by atomic mass is 32.2. The molecule has 0 saturated heterocycles. The van der Waals surface area contributed by atoms with Crippen LogP contribution in [0.5, 0.6) is 0 Å². The third-order valence-corrected chi connectivity index (χ3v) is 6.52. The highest BCUT2D eigenvalue weighted by Gasteiger charge is 2.26. The Bertz CT molecular complexity index is 1180. The van der Waals surface area contributed by atoms with Gasteiger partial charge in [0.15, 0.2) is 0 Å². The summed E-state index contributed by atoms with van der Waals surface area (Å²) in [6.45, 7) is 5.66. The van der Waals surface area contributed by atoms with Gasteiger partial charge in [-0.2, -0.15) is 0 Å². The number of hydrogen-bond donors (Lipinski definition) is 1. The average molecular weight is 439 g/mol. The lowest BCUT2D eigenvalue weighted by molar-refractivity contribution is 0.102. The Morgan fingerprint density at radius 1 is 1.06 bits per heavy atom. The second kappa shape index (κ2) is 9.57. The summed E-state index contributed by atoms with van der Waals surface area (Å²) in [6, 6.07) is 18.9. The molecular formula is C24H23FN2O3S. The van der Waals surface area contributed by atoms with E-state index in [-0.39, 0.29) is 17.0 Å². The second-order valence-corrected chi connectivity index (χ2v) is 8.67. The molecule has 0 aliphatic carbocycles. The van der Waals surface area contributed by atoms with Crippen LogP contribution in [0.2, 0.25) is 0 Å². The largest absolute Gasteiger partial charge is 0.322 e. The van der Waals surface area contributed by atoms with Gasteiger partial charge in [-0.1, -0.05) is 43.3 Å². The molecule has 3 aromatic carbocycles. The number of para-hydroxylation sites is 1. The molecule has 0 saturated carbocycles. The van der Waals surface area contributed by atoms with Gasteiger partial charge in [-0.3, -0.25) is 9.10 Å². The van der Waals surface area contributed by atoms with Crippen LogP contribution in [0.25, 0.3) is 0 Å². The third-order valence-electron chi connectivity index (χ3n) is 4.73. The quantitative estimate of drug-likeness (QED) is 0.502. The number of amides is 1. The van der Waals surface area contributed by atoms with E-state index < -0.39 is 21.7 Å². The van der Waals surface area contributed by atoms with Gasteiger partial charge in [-0.05, 0) is 54.4 Å². The Morgan fingerprint density at radius 2 is 1.74 bits per heavy atom. The molecule has 31 heavy (non-hydrogen) atoms. The molecule has 0 heterocycles. The molecule has 5 nitrogen and oxygen atoms in total. The lowest BCUT2D eigenvalue weighted by atomic mass is 10.1. The normalized spacial score (nSPS) is 11.0. The SMILES string of the molecule is C=CCN(c1ccccc1)S(=O)(=O)c1ccc(F)c(C(=O)Nc2ccc(CC)cc2)c1. The van der Waals surface area contributed by atoms with Crippen molar-refractivity contribution in [2.45, 2.75) is 18.2 Å². The molecule has 0 spiro atoms. The van der Waals surface area contributed by atoms with E-state index in [2.05, 4.69) is 11.9 Å². The Labute approximate surface area is 181 Å². The summed E-state index contributed by atoms with van der Waals surface area (Å²) >= 11 is 0. The van der Waals surface area contributed by atoms with Gasteiger partial charge in [0.05, 0.1) is 22.7 Å². The van der Waals surface area contributed by atoms with Crippen molar-refractivity contribution < 1.29 is 17.6 Å². The van der Waals surface area contributed by atoms with E-state index >= 15 is 0 Å². The van der Waals surface area contributed by atoms with Gasteiger partial charge in [0.25, 0.3) is 15.9 Å². The molecule has 160 valence electrons. The van der Waals surface area contributed by atoms with E-state index in [1.54, 1.807) is 42.5 Å². The number of hydrogen-bond acceptors (Lipinski definition) is 3. The lowest BCUT2D eigenvalue weighted by Crippen LogP contribution is -2.31. The molecule has 1 N–H and O–H groups in total. The molecule has 0 bridgehead atoms. The molecule has 3 aromatic rings. The lowest BCUT2D eigenvalue weighted by Gasteiger charge is -2.23. The first-order valence-corrected chi connectivity index (χ1v) is 11.2. The van der Waals surface area contributed by atoms with Crippen LogP contribution in [0.3, 0.4) is 0 Å². The number of halogens is 1. The van der Waals surface area contributed by atoms with Crippen molar-refractivity contribution in [2.75, 3.05) is 16.2 Å². The van der Waals surface area contributed by atoms with Crippen molar-refractivity contribution in [2.24, 2.45) is 0 Å². The van der Waals surface area contributed by atoms with E-state index in [0.717, 1.165) is 34.5 Å². The van der Waals surface area contributed by atoms with Crippen LogP contribution in [-0.2, 0) is 16.4 Å². The highest BCUT2D eigenvalue weighted by molar-refractivity contribution is 7.92. The van der Waals surface area contributed by atoms with Gasteiger partial charge in [0.1, 0.15) is 5.82 Å². The number of benzene rings is 3. The Morgan fingerprint density at radius 3 is 2.35 bits per heavy atom. The van der Waals surface area contributed by atoms with Gasteiger partial charge in [0.2, 0.25) is 0 Å². The minimum atomic E-state index is -4.06. The van der Waals surface area contributed by atoms with Crippen LogP contribution >= 0.6 is 0 Å². The van der Waals surface area contributed by atoms with E-state index in [4.69, 9.17) is 0 Å². The van der Waals surface area contributed by atoms with Crippen molar-refractivity contribution >= 4 is 27.3 Å². The molecule has 0 aliphatic rings. The van der Waals surface area contributed by atoms with Crippen LogP contribution in [0, 0.1) is 5.82 Å². The summed E-state index contributed by atoms with van der Waals surface area (Å²) in [4.78, 5) is 12.5. The first kappa shape index (κ1) is 22.2. The van der Waals surface area contributed by atoms with Crippen molar-refractivity contribution in [3.8, 4) is 0 Å². The number of nitrogens with zero attached hydrogens (tertiary/aromatic N) is 1. The first-order valence-electron chi connectivity index (χ1n) is 9.75. The minimum absolute atomic E-state index is 0.0228. The van der Waals surface area contributed by atoms with Gasteiger partial charge < -0.3 is 5.32 Å². The predicted molar refractivity (Wildman–Crippen MR) is 121 cm³/mol. The molecule has 0 aliphatic heterocycles. The third kappa shape index (κ3) is 5.00. The van der Waals surface area contributed by atoms with E-state index in [0.29, 0.717) is 11.4 Å². The predicted octanol–water partition coefficient (Wildman–Crippen LogP) is 5.02. The summed E-state index contributed by atoms with van der Waals surface area (Å²) in [7, 11) is -4.06. The zero-order valence-electron chi connectivity index (χ0n) is 17.1. The fraction of sp³-hybridized carbons (Fsp3) is 0.125. The zero-order valence-corrected chi connectivity index (χ0v) is 17.9. The number of rotatable bonds is 8. The topological polar surface area (TPSA) is 66.5 Å². The number of carbonyl (C=O) groups excluding carboxylic acids is 1. The molecule has 0 atom stereocenters. The zero-order chi connectivity index (χ0) is 22.4. The Kier molecular flexibility index (Phi) is 6.87. The summed E-state index contributed by atoms with van der Waals surface area (Å²) in [6.07, 6.45) is 2.31. The average Bonchev–Trinajstić information content (AvgIpc) is 2.78. The van der Waals surface area contributed by atoms with Gasteiger partial charge in [-0.15, -0.1) is 6.58 Å². The maximum absolute atomic E-state index is 14.4. The van der Waals surface area contributed by atoms with Gasteiger partial charge in [0, 0.05) is 5.69 Å². The number of carbonyl (C=O) groups is 1. The van der Waals surface area contributed by atoms with Crippen LogP contribution in [0.15, 0.2) is 90.3 Å². The Balaban J connectivity index is 1.94. The summed E-state index contributed by atoms with van der Waals surface area (Å²) in [5.41, 5.74) is 1.67. The first-order chi connectivity index (χ1) is 14.9. The molecule has 7 heteroatoms. The molecular weight excluding hydrogens is 415 g/mol. The number of anilines is 2. The van der Waals surface area contributed by atoms with Crippen LogP contribution in [0.4, 0.5) is 15.8 Å². The molecule has 0 unspecified atom stereocenters. The summed E-state index contributed by atoms with van der Waals surface area (Å²) in [5.74, 6) is -1.54. The second-order valence-electron chi connectivity index (χ2n) is 6.81. The van der Waals surface area contributed by atoms with Crippen molar-refractivity contribution in [3.05, 3.63) is 102 Å². The fourth-order valence-electron chi connectivity index (χ4n) is 3.04. The standard InChI is InChI=1S/C24H23FN2O3S/c1-3-16-27(20-8-6-5-7-9-20)31(29,30)21-14-15-23(25)22(17-21)24(28)26-19-12-10-18(4-2)11-13-19/h3,5-15,17H,1,4,16H2,2H3,(H,26,28). The molecule has 0 radical (unpaired) electrons. The van der Waals surface area contributed by atoms with Gasteiger partial charge in [-0.25, -0.2) is 12.8 Å². The summed E-state index contributed by atoms with van der Waals surface area (Å²) < 4.78 is 42.1. The number of sulfonamides is 1. The van der Waals surface area contributed by atoms with Crippen LogP contribution < -0.4 is 9.62 Å². The fourth-order valence-corrected chi connectivity index (χ4v) is 4.50. The Hall–Kier alpha value is -3.45. The van der Waals surface area contributed by atoms with E-state index in [9.17, 15) is 17.6 Å². The van der Waals surface area contributed by atoms with Crippen molar-refractivity contribution in [1.82, 2.24) is 0 Å².